The zero-order valence-electron chi connectivity index (χ0n) is 13.7. The molecular formula is C18H18ClN5O. The molecule has 0 atom stereocenters. The third-order valence-electron chi connectivity index (χ3n) is 3.51. The highest BCUT2D eigenvalue weighted by molar-refractivity contribution is 6.30. The van der Waals surface area contributed by atoms with Crippen molar-refractivity contribution in [3.8, 4) is 5.75 Å². The van der Waals surface area contributed by atoms with Crippen molar-refractivity contribution in [2.45, 2.75) is 6.42 Å². The second-order valence-electron chi connectivity index (χ2n) is 5.33. The SMILES string of the molecule is COc1ccc(Nc2nncc(NCCc3cccc(Cl)c3)n2)cc1. The predicted octanol–water partition coefficient (Wildman–Crippen LogP) is 3.93. The summed E-state index contributed by atoms with van der Waals surface area (Å²) in [7, 11) is 1.63. The maximum Gasteiger partial charge on any atom is 0.249 e. The van der Waals surface area contributed by atoms with Crippen molar-refractivity contribution in [2.24, 2.45) is 0 Å². The van der Waals surface area contributed by atoms with E-state index in [2.05, 4.69) is 25.8 Å². The van der Waals surface area contributed by atoms with Crippen LogP contribution in [0.4, 0.5) is 17.5 Å². The molecule has 0 aliphatic rings. The average molecular weight is 356 g/mol. The Labute approximate surface area is 151 Å². The van der Waals surface area contributed by atoms with Crippen LogP contribution in [0.15, 0.2) is 54.7 Å². The van der Waals surface area contributed by atoms with Gasteiger partial charge < -0.3 is 15.4 Å². The summed E-state index contributed by atoms with van der Waals surface area (Å²) in [5.74, 6) is 1.88. The molecule has 3 aromatic rings. The fraction of sp³-hybridized carbons (Fsp3) is 0.167. The quantitative estimate of drug-likeness (QED) is 0.669. The number of methoxy groups -OCH3 is 1. The standard InChI is InChI=1S/C18H18ClN5O/c1-25-16-7-5-15(6-8-16)22-18-23-17(12-21-24-18)20-10-9-13-3-2-4-14(19)11-13/h2-8,11-12H,9-10H2,1H3,(H2,20,22,23,24). The van der Waals surface area contributed by atoms with Crippen LogP contribution in [0.5, 0.6) is 5.75 Å². The summed E-state index contributed by atoms with van der Waals surface area (Å²) in [5.41, 5.74) is 2.03. The lowest BCUT2D eigenvalue weighted by Gasteiger charge is -2.08. The van der Waals surface area contributed by atoms with Gasteiger partial charge in [-0.05, 0) is 48.4 Å². The molecule has 128 valence electrons. The molecule has 2 N–H and O–H groups in total. The summed E-state index contributed by atoms with van der Waals surface area (Å²) in [5, 5.41) is 15.1. The summed E-state index contributed by atoms with van der Waals surface area (Å²) < 4.78 is 5.14. The van der Waals surface area contributed by atoms with Gasteiger partial charge in [-0.25, -0.2) is 0 Å². The molecule has 0 unspecified atom stereocenters. The second-order valence-corrected chi connectivity index (χ2v) is 5.76. The molecule has 0 saturated heterocycles. The van der Waals surface area contributed by atoms with Gasteiger partial charge >= 0.3 is 0 Å². The summed E-state index contributed by atoms with van der Waals surface area (Å²) in [6, 6.07) is 15.3. The van der Waals surface area contributed by atoms with Crippen LogP contribution < -0.4 is 15.4 Å². The van der Waals surface area contributed by atoms with Crippen molar-refractivity contribution >= 4 is 29.1 Å². The lowest BCUT2D eigenvalue weighted by Crippen LogP contribution is -2.08. The molecule has 25 heavy (non-hydrogen) atoms. The normalized spacial score (nSPS) is 10.3. The van der Waals surface area contributed by atoms with Crippen molar-refractivity contribution in [1.29, 1.82) is 0 Å². The van der Waals surface area contributed by atoms with Crippen LogP contribution >= 0.6 is 11.6 Å². The largest absolute Gasteiger partial charge is 0.497 e. The van der Waals surface area contributed by atoms with Crippen molar-refractivity contribution in [3.63, 3.8) is 0 Å². The highest BCUT2D eigenvalue weighted by Gasteiger charge is 2.02. The molecule has 1 aromatic heterocycles. The summed E-state index contributed by atoms with van der Waals surface area (Å²) in [6.07, 6.45) is 2.43. The first kappa shape index (κ1) is 17.0. The van der Waals surface area contributed by atoms with Gasteiger partial charge in [0.15, 0.2) is 5.82 Å². The molecule has 1 heterocycles. The van der Waals surface area contributed by atoms with E-state index in [1.165, 1.54) is 5.56 Å². The van der Waals surface area contributed by atoms with Crippen LogP contribution in [0.3, 0.4) is 0 Å². The van der Waals surface area contributed by atoms with E-state index in [9.17, 15) is 0 Å². The molecule has 0 fully saturated rings. The number of rotatable bonds is 7. The van der Waals surface area contributed by atoms with Gasteiger partial charge in [0.2, 0.25) is 5.95 Å². The number of anilines is 3. The van der Waals surface area contributed by atoms with Crippen molar-refractivity contribution in [2.75, 3.05) is 24.3 Å². The van der Waals surface area contributed by atoms with E-state index in [1.54, 1.807) is 13.3 Å². The Morgan fingerprint density at radius 3 is 2.72 bits per heavy atom. The molecule has 0 amide bonds. The first-order chi connectivity index (χ1) is 12.2. The van der Waals surface area contributed by atoms with Gasteiger partial charge in [0.1, 0.15) is 5.75 Å². The average Bonchev–Trinajstić information content (AvgIpc) is 2.63. The van der Waals surface area contributed by atoms with E-state index in [0.717, 1.165) is 29.4 Å². The first-order valence-electron chi connectivity index (χ1n) is 7.82. The van der Waals surface area contributed by atoms with Crippen molar-refractivity contribution in [3.05, 3.63) is 65.3 Å². The molecule has 6 nitrogen and oxygen atoms in total. The van der Waals surface area contributed by atoms with Crippen molar-refractivity contribution < 1.29 is 4.74 Å². The van der Waals surface area contributed by atoms with Gasteiger partial charge in [-0.1, -0.05) is 23.7 Å². The number of nitrogens with one attached hydrogen (secondary N) is 2. The van der Waals surface area contributed by atoms with Gasteiger partial charge in [-0.2, -0.15) is 10.1 Å². The number of aromatic nitrogens is 3. The van der Waals surface area contributed by atoms with Crippen molar-refractivity contribution in [1.82, 2.24) is 15.2 Å². The van der Waals surface area contributed by atoms with Gasteiger partial charge in [-0.15, -0.1) is 5.10 Å². The van der Waals surface area contributed by atoms with E-state index >= 15 is 0 Å². The van der Waals surface area contributed by atoms with E-state index < -0.39 is 0 Å². The molecule has 0 aliphatic heterocycles. The Hall–Kier alpha value is -2.86. The lowest BCUT2D eigenvalue weighted by molar-refractivity contribution is 0.415. The fourth-order valence-electron chi connectivity index (χ4n) is 2.27. The van der Waals surface area contributed by atoms with Gasteiger partial charge in [0.25, 0.3) is 0 Å². The van der Waals surface area contributed by atoms with Crippen LogP contribution in [-0.4, -0.2) is 28.8 Å². The molecular weight excluding hydrogens is 338 g/mol. The third kappa shape index (κ3) is 5.06. The number of benzene rings is 2. The number of nitrogens with zero attached hydrogens (tertiary/aromatic N) is 3. The number of hydrogen-bond donors (Lipinski definition) is 2. The first-order valence-corrected chi connectivity index (χ1v) is 8.20. The lowest BCUT2D eigenvalue weighted by atomic mass is 10.1. The molecule has 0 saturated carbocycles. The molecule has 2 aromatic carbocycles. The number of ether oxygens (including phenoxy) is 1. The Bertz CT molecular complexity index is 826. The monoisotopic (exact) mass is 355 g/mol. The Morgan fingerprint density at radius 2 is 1.96 bits per heavy atom. The molecule has 0 aliphatic carbocycles. The predicted molar refractivity (Wildman–Crippen MR) is 99.7 cm³/mol. The van der Waals surface area contributed by atoms with E-state index in [0.29, 0.717) is 11.8 Å². The Morgan fingerprint density at radius 1 is 1.12 bits per heavy atom. The summed E-state index contributed by atoms with van der Waals surface area (Å²) in [4.78, 5) is 4.41. The van der Waals surface area contributed by atoms with Gasteiger partial charge in [0.05, 0.1) is 13.3 Å². The van der Waals surface area contributed by atoms with Crippen LogP contribution in [0.25, 0.3) is 0 Å². The second kappa shape index (κ2) is 8.30. The highest BCUT2D eigenvalue weighted by atomic mass is 35.5. The van der Waals surface area contributed by atoms with E-state index in [4.69, 9.17) is 16.3 Å². The Balaban J connectivity index is 1.57. The topological polar surface area (TPSA) is 72.0 Å². The van der Waals surface area contributed by atoms with E-state index in [1.807, 2.05) is 48.5 Å². The zero-order chi connectivity index (χ0) is 17.5. The number of halogens is 1. The maximum absolute atomic E-state index is 5.99. The van der Waals surface area contributed by atoms with Gasteiger partial charge in [0, 0.05) is 17.3 Å². The molecule has 0 spiro atoms. The number of hydrogen-bond acceptors (Lipinski definition) is 6. The van der Waals surface area contributed by atoms with Crippen LogP contribution in [-0.2, 0) is 6.42 Å². The molecule has 3 rings (SSSR count). The summed E-state index contributed by atoms with van der Waals surface area (Å²) in [6.45, 7) is 0.723. The minimum Gasteiger partial charge on any atom is -0.497 e. The Kier molecular flexibility index (Phi) is 5.64. The van der Waals surface area contributed by atoms with Crippen LogP contribution in [0.2, 0.25) is 5.02 Å². The molecule has 0 radical (unpaired) electrons. The minimum absolute atomic E-state index is 0.429. The minimum atomic E-state index is 0.429. The van der Waals surface area contributed by atoms with Crippen LogP contribution in [0.1, 0.15) is 5.56 Å². The smallest absolute Gasteiger partial charge is 0.249 e. The van der Waals surface area contributed by atoms with E-state index in [-0.39, 0.29) is 0 Å². The van der Waals surface area contributed by atoms with Gasteiger partial charge in [-0.3, -0.25) is 0 Å². The maximum atomic E-state index is 5.99. The molecule has 0 bridgehead atoms. The summed E-state index contributed by atoms with van der Waals surface area (Å²) >= 11 is 5.99. The fourth-order valence-corrected chi connectivity index (χ4v) is 2.49. The zero-order valence-corrected chi connectivity index (χ0v) is 14.5. The third-order valence-corrected chi connectivity index (χ3v) is 3.75. The highest BCUT2D eigenvalue weighted by Crippen LogP contribution is 2.18. The van der Waals surface area contributed by atoms with Crippen LogP contribution in [0, 0.1) is 0 Å². The molecule has 7 heteroatoms.